The van der Waals surface area contributed by atoms with E-state index in [9.17, 15) is 34.8 Å². The van der Waals surface area contributed by atoms with E-state index in [1.165, 1.54) is 57.7 Å². The number of aromatic hydroxyl groups is 1. The second kappa shape index (κ2) is 35.2. The average Bonchev–Trinajstić information content (AvgIpc) is 3.35. The van der Waals surface area contributed by atoms with Gasteiger partial charge in [0.25, 0.3) is 0 Å². The number of aliphatic carboxylic acids is 3. The number of anilines is 4. The van der Waals surface area contributed by atoms with E-state index in [1.54, 1.807) is 30.3 Å². The standard InChI is InChI=1S/C23H18N2O3.C19H26N2O3.C11H9NO4.3Na/c1-28-22-15-21(13-12-17(22)14-18(16-24)23(26)27)25(19-8-4-2-5-9-19)20-10-6-3-7-11-20;1-4-6-10-21(11-7-5-2)17-9-8-15(18(13-17)24-3)12-16(14-20)19(22)23;1-16-10-5-9(13)3-2-7(10)4-8(6-12)11(14)15;;;/h2-15H,1H3,(H,26,27);8-9,12-13H,4-7,10-11H2,1-3H3,(H,22,23);2-5,13H,1H3,(H,14,15);;;/q;;;3*+1/p-3/b18-14+;16-12+;8-4+;;;. The van der Waals surface area contributed by atoms with Crippen molar-refractivity contribution in [2.75, 3.05) is 44.2 Å². The van der Waals surface area contributed by atoms with Gasteiger partial charge < -0.3 is 58.8 Å². The molecule has 0 unspecified atom stereocenters. The first-order valence-electron chi connectivity index (χ1n) is 21.2. The van der Waals surface area contributed by atoms with Crippen LogP contribution >= 0.6 is 0 Å². The Balaban J connectivity index is 0.00000105. The van der Waals surface area contributed by atoms with Crippen molar-refractivity contribution < 1.29 is 138 Å². The van der Waals surface area contributed by atoms with Gasteiger partial charge in [-0.2, -0.15) is 15.8 Å². The van der Waals surface area contributed by atoms with Gasteiger partial charge in [0, 0.05) is 70.7 Å². The first kappa shape index (κ1) is 65.0. The molecule has 5 aromatic carbocycles. The van der Waals surface area contributed by atoms with Crippen LogP contribution < -0.4 is 128 Å². The van der Waals surface area contributed by atoms with Gasteiger partial charge in [-0.1, -0.05) is 63.1 Å². The van der Waals surface area contributed by atoms with Crippen LogP contribution in [0, 0.1) is 34.0 Å². The maximum Gasteiger partial charge on any atom is 1.00 e. The molecule has 0 saturated heterocycles. The van der Waals surface area contributed by atoms with Crippen molar-refractivity contribution in [1.29, 1.82) is 15.8 Å². The Morgan fingerprint density at radius 2 is 0.859 bits per heavy atom. The monoisotopic (exact) mass is 985 g/mol. The number of methoxy groups -OCH3 is 3. The Labute approximate surface area is 481 Å². The fourth-order valence-electron chi connectivity index (χ4n) is 6.34. The predicted octanol–water partition coefficient (Wildman–Crippen LogP) is -2.35. The van der Waals surface area contributed by atoms with Crippen LogP contribution in [-0.4, -0.2) is 57.4 Å². The van der Waals surface area contributed by atoms with Crippen molar-refractivity contribution in [1.82, 2.24) is 0 Å². The number of nitriles is 3. The summed E-state index contributed by atoms with van der Waals surface area (Å²) < 4.78 is 15.7. The molecular weight excluding hydrogens is 936 g/mol. The number of benzene rings is 5. The zero-order valence-electron chi connectivity index (χ0n) is 41.3. The number of phenols is 1. The molecule has 0 saturated carbocycles. The number of carboxylic acids is 3. The Morgan fingerprint density at radius 3 is 1.20 bits per heavy atom. The molecule has 0 aromatic heterocycles. The molecule has 0 radical (unpaired) electrons. The van der Waals surface area contributed by atoms with E-state index in [0.717, 1.165) is 67.6 Å². The molecule has 0 aliphatic heterocycles. The third-order valence-corrected chi connectivity index (χ3v) is 9.79. The zero-order chi connectivity index (χ0) is 50.0. The first-order valence-corrected chi connectivity index (χ1v) is 21.2. The summed E-state index contributed by atoms with van der Waals surface area (Å²) in [5, 5.41) is 68.0. The van der Waals surface area contributed by atoms with Crippen LogP contribution in [0.4, 0.5) is 22.7 Å². The van der Waals surface area contributed by atoms with E-state index < -0.39 is 34.6 Å². The number of carbonyl (C=O) groups excluding carboxylic acids is 3. The number of nitrogens with zero attached hydrogens (tertiary/aromatic N) is 5. The molecule has 15 nitrogen and oxygen atoms in total. The molecule has 350 valence electrons. The van der Waals surface area contributed by atoms with Crippen molar-refractivity contribution in [3.63, 3.8) is 0 Å². The van der Waals surface area contributed by atoms with Gasteiger partial charge in [-0.25, -0.2) is 0 Å². The normalized spacial score (nSPS) is 10.4. The Morgan fingerprint density at radius 1 is 0.521 bits per heavy atom. The third-order valence-electron chi connectivity index (χ3n) is 9.79. The smallest absolute Gasteiger partial charge is 0.544 e. The van der Waals surface area contributed by atoms with E-state index in [2.05, 4.69) is 23.6 Å². The third kappa shape index (κ3) is 20.7. The molecule has 1 N–H and O–H groups in total. The summed E-state index contributed by atoms with van der Waals surface area (Å²) in [6.45, 7) is 6.26. The summed E-state index contributed by atoms with van der Waals surface area (Å²) in [6.07, 6.45) is 8.10. The number of para-hydroxylation sites is 2. The fraction of sp³-hybridized carbons (Fsp3) is 0.208. The average molecular weight is 986 g/mol. The van der Waals surface area contributed by atoms with Crippen LogP contribution in [0.15, 0.2) is 132 Å². The van der Waals surface area contributed by atoms with Crippen LogP contribution in [0.5, 0.6) is 23.0 Å². The number of hydrogen-bond acceptors (Lipinski definition) is 15. The van der Waals surface area contributed by atoms with Gasteiger partial charge in [0.15, 0.2) is 0 Å². The number of hydrogen-bond donors (Lipinski definition) is 1. The molecule has 0 fully saturated rings. The minimum Gasteiger partial charge on any atom is -0.544 e. The molecule has 0 atom stereocenters. The summed E-state index contributed by atoms with van der Waals surface area (Å²) in [5.41, 5.74) is 3.81. The number of phenolic OH excluding ortho intramolecular Hbond substituents is 1. The Kier molecular flexibility index (Phi) is 32.2. The second-order valence-electron chi connectivity index (χ2n) is 14.4. The van der Waals surface area contributed by atoms with Crippen LogP contribution in [0.1, 0.15) is 56.2 Å². The van der Waals surface area contributed by atoms with Crippen molar-refractivity contribution in [3.05, 3.63) is 149 Å². The molecule has 0 aliphatic carbocycles. The molecule has 5 rings (SSSR count). The van der Waals surface area contributed by atoms with E-state index >= 15 is 0 Å². The molecule has 0 heterocycles. The van der Waals surface area contributed by atoms with Gasteiger partial charge in [0.2, 0.25) is 0 Å². The summed E-state index contributed by atoms with van der Waals surface area (Å²) in [5.74, 6) is -3.32. The van der Waals surface area contributed by atoms with Crippen molar-refractivity contribution in [2.45, 2.75) is 39.5 Å². The van der Waals surface area contributed by atoms with Crippen LogP contribution in [0.3, 0.4) is 0 Å². The zero-order valence-corrected chi connectivity index (χ0v) is 47.3. The largest absolute Gasteiger partial charge is 1.00 e. The Bertz CT molecular complexity index is 2680. The molecule has 0 aliphatic rings. The number of carboxylic acid groups (broad SMARTS) is 3. The molecule has 18 heteroatoms. The van der Waals surface area contributed by atoms with Crippen LogP contribution in [-0.2, 0) is 14.4 Å². The van der Waals surface area contributed by atoms with Gasteiger partial charge in [-0.15, -0.1) is 0 Å². The van der Waals surface area contributed by atoms with Crippen LogP contribution in [0.25, 0.3) is 18.2 Å². The summed E-state index contributed by atoms with van der Waals surface area (Å²) >= 11 is 0. The fourth-order valence-corrected chi connectivity index (χ4v) is 6.34. The van der Waals surface area contributed by atoms with E-state index in [4.69, 9.17) is 30.0 Å². The molecule has 5 aromatic rings. The summed E-state index contributed by atoms with van der Waals surface area (Å²) in [4.78, 5) is 36.8. The minimum absolute atomic E-state index is 0. The number of unbranched alkanes of at least 4 members (excludes halogenated alkanes) is 2. The quantitative estimate of drug-likeness (QED) is 0.0517. The van der Waals surface area contributed by atoms with Gasteiger partial charge in [0.1, 0.15) is 41.2 Å². The second-order valence-corrected chi connectivity index (χ2v) is 14.4. The van der Waals surface area contributed by atoms with Gasteiger partial charge in [-0.3, -0.25) is 0 Å². The number of carbonyl (C=O) groups is 3. The predicted molar refractivity (Wildman–Crippen MR) is 253 cm³/mol. The minimum atomic E-state index is -1.56. The number of ether oxygens (including phenoxy) is 3. The maximum atomic E-state index is 11.0. The van der Waals surface area contributed by atoms with Gasteiger partial charge >= 0.3 is 88.7 Å². The van der Waals surface area contributed by atoms with Crippen molar-refractivity contribution in [3.8, 4) is 41.2 Å². The molecule has 0 spiro atoms. The van der Waals surface area contributed by atoms with E-state index in [0.29, 0.717) is 28.2 Å². The summed E-state index contributed by atoms with van der Waals surface area (Å²) in [6, 6.07) is 39.5. The van der Waals surface area contributed by atoms with Gasteiger partial charge in [0.05, 0.1) is 56.0 Å². The van der Waals surface area contributed by atoms with E-state index in [-0.39, 0.29) is 100 Å². The molecular formula is C53H50N5Na3O10. The summed E-state index contributed by atoms with van der Waals surface area (Å²) in [7, 11) is 4.40. The topological polar surface area (TPSA) is 246 Å². The van der Waals surface area contributed by atoms with Crippen molar-refractivity contribution >= 4 is 58.9 Å². The SMILES string of the molecule is CCCCN(CCCC)c1ccc(/C=C(\C#N)C(=O)[O-])c(OC)c1.COc1cc(N(c2ccccc2)c2ccccc2)ccc1/C=C(\C#N)C(=O)[O-].COc1cc(O)ccc1/C=C(\C#N)C(=O)[O-].[Na+].[Na+].[Na+]. The van der Waals surface area contributed by atoms with Crippen molar-refractivity contribution in [2.24, 2.45) is 0 Å². The molecule has 0 bridgehead atoms. The molecule has 71 heavy (non-hydrogen) atoms. The maximum absolute atomic E-state index is 11.0. The van der Waals surface area contributed by atoms with Gasteiger partial charge in [-0.05, 0) is 91.7 Å². The number of rotatable bonds is 19. The van der Waals surface area contributed by atoms with E-state index in [1.807, 2.05) is 78.9 Å². The molecule has 0 amide bonds. The Hall–Kier alpha value is -6.00. The first-order chi connectivity index (χ1) is 32.8. The van der Waals surface area contributed by atoms with Crippen LogP contribution in [0.2, 0.25) is 0 Å².